The third-order valence-corrected chi connectivity index (χ3v) is 11.5. The van der Waals surface area contributed by atoms with Crippen molar-refractivity contribution in [2.45, 2.75) is 216 Å². The Morgan fingerprint density at radius 3 is 1.52 bits per heavy atom. The van der Waals surface area contributed by atoms with Gasteiger partial charge in [-0.15, -0.1) is 0 Å². The fraction of sp³-hybridized carbons (Fsp3) is 0.750. The van der Waals surface area contributed by atoms with Gasteiger partial charge >= 0.3 is 5.97 Å². The maximum atomic E-state index is 13.0. The minimum atomic E-state index is -1.72. The Morgan fingerprint density at radius 1 is 0.515 bits per heavy atom. The lowest BCUT2D eigenvalue weighted by molar-refractivity contribution is -0.332. The zero-order valence-corrected chi connectivity index (χ0v) is 40.2. The van der Waals surface area contributed by atoms with Crippen LogP contribution in [-0.4, -0.2) is 142 Å². The molecule has 0 bridgehead atoms. The van der Waals surface area contributed by atoms with Gasteiger partial charge in [0.2, 0.25) is 0 Å². The molecule has 2 rings (SSSR count). The van der Waals surface area contributed by atoms with E-state index in [4.69, 9.17) is 28.4 Å². The van der Waals surface area contributed by atoms with Crippen LogP contribution in [-0.2, 0) is 33.2 Å². The van der Waals surface area contributed by atoms with Gasteiger partial charge in [0.15, 0.2) is 12.6 Å². The van der Waals surface area contributed by atoms with Crippen molar-refractivity contribution < 1.29 is 69.0 Å². The molecule has 14 nitrogen and oxygen atoms in total. The van der Waals surface area contributed by atoms with Crippen LogP contribution in [0, 0.1) is 0 Å². The first-order chi connectivity index (χ1) is 32.1. The minimum absolute atomic E-state index is 0.0413. The Labute approximate surface area is 396 Å². The first-order valence-electron chi connectivity index (χ1n) is 25.0. The second-order valence-corrected chi connectivity index (χ2v) is 17.3. The zero-order chi connectivity index (χ0) is 48.0. The summed E-state index contributed by atoms with van der Waals surface area (Å²) in [6, 6.07) is 0. The highest BCUT2D eigenvalue weighted by atomic mass is 16.7. The van der Waals surface area contributed by atoms with E-state index in [0.717, 1.165) is 70.6 Å². The molecule has 11 atom stereocenters. The average molecular weight is 937 g/mol. The molecule has 0 spiro atoms. The molecule has 0 aliphatic carbocycles. The van der Waals surface area contributed by atoms with Crippen LogP contribution in [0.5, 0.6) is 0 Å². The van der Waals surface area contributed by atoms with Gasteiger partial charge in [-0.3, -0.25) is 4.79 Å². The zero-order valence-electron chi connectivity index (χ0n) is 40.2. The molecule has 0 aromatic heterocycles. The second-order valence-electron chi connectivity index (χ2n) is 17.3. The predicted octanol–water partition coefficient (Wildman–Crippen LogP) is 7.12. The van der Waals surface area contributed by atoms with E-state index in [1.807, 2.05) is 0 Å². The van der Waals surface area contributed by atoms with Crippen molar-refractivity contribution in [1.82, 2.24) is 0 Å². The van der Waals surface area contributed by atoms with Gasteiger partial charge in [-0.05, 0) is 64.2 Å². The van der Waals surface area contributed by atoms with Gasteiger partial charge in [0, 0.05) is 13.0 Å². The molecule has 380 valence electrons. The summed E-state index contributed by atoms with van der Waals surface area (Å²) < 4.78 is 34.2. The number of unbranched alkanes of at least 4 members (excludes halogenated alkanes) is 12. The summed E-state index contributed by atoms with van der Waals surface area (Å²) >= 11 is 0. The van der Waals surface area contributed by atoms with Crippen molar-refractivity contribution in [3.63, 3.8) is 0 Å². The monoisotopic (exact) mass is 937 g/mol. The van der Waals surface area contributed by atoms with Crippen LogP contribution in [0.1, 0.15) is 149 Å². The van der Waals surface area contributed by atoms with Crippen LogP contribution in [0.15, 0.2) is 72.9 Å². The Hall–Kier alpha value is -2.57. The van der Waals surface area contributed by atoms with E-state index < -0.39 is 86.7 Å². The Bertz CT molecular complexity index is 1360. The van der Waals surface area contributed by atoms with Crippen LogP contribution in [0.4, 0.5) is 0 Å². The number of allylic oxidation sites excluding steroid dienone is 12. The molecule has 2 saturated heterocycles. The number of carbonyl (C=O) groups is 1. The number of carbonyl (C=O) groups excluding carboxylic acids is 1. The third-order valence-electron chi connectivity index (χ3n) is 11.5. The molecule has 66 heavy (non-hydrogen) atoms. The SMILES string of the molecule is CC/C=C\C/C=C\C/C=C\C/C=C\C/C=C\C/C=C\CCCCC(=O)OC(COCCCCCCCCCCCCC)COC1OC(COC2OC(CO)C(O)C(O)C2O)C(O)C(O)C1O. The smallest absolute Gasteiger partial charge is 0.306 e. The highest BCUT2D eigenvalue weighted by Gasteiger charge is 2.47. The van der Waals surface area contributed by atoms with E-state index in [1.165, 1.54) is 51.4 Å². The molecule has 14 heteroatoms. The van der Waals surface area contributed by atoms with Crippen molar-refractivity contribution in [2.24, 2.45) is 0 Å². The summed E-state index contributed by atoms with van der Waals surface area (Å²) in [7, 11) is 0. The summed E-state index contributed by atoms with van der Waals surface area (Å²) in [5.41, 5.74) is 0. The summed E-state index contributed by atoms with van der Waals surface area (Å²) in [5.74, 6) is -0.420. The van der Waals surface area contributed by atoms with Crippen molar-refractivity contribution in [3.05, 3.63) is 72.9 Å². The molecule has 2 fully saturated rings. The summed E-state index contributed by atoms with van der Waals surface area (Å²) in [6.07, 6.45) is 31.1. The van der Waals surface area contributed by atoms with E-state index in [9.17, 15) is 40.5 Å². The standard InChI is InChI=1S/C52H88O14/c1-3-5-7-9-11-13-15-16-17-18-19-20-21-22-23-24-25-27-29-31-33-35-44(54)64-41(38-61-36-34-32-30-28-26-14-12-10-8-6-4-2)39-62-51-50(60)48(58)46(56)43(66-51)40-63-52-49(59)47(57)45(55)42(37-53)65-52/h5,7,11,13,16-17,19-20,22-23,25,27,41-43,45-53,55-60H,3-4,6,8-10,12,14-15,18,21,24,26,28-40H2,1-2H3/b7-5-,13-11-,17-16-,20-19-,23-22-,27-25-. The third kappa shape index (κ3) is 26.8. The van der Waals surface area contributed by atoms with Gasteiger partial charge in [-0.2, -0.15) is 0 Å². The molecule has 0 aromatic rings. The molecule has 11 unspecified atom stereocenters. The van der Waals surface area contributed by atoms with E-state index in [-0.39, 0.29) is 19.6 Å². The van der Waals surface area contributed by atoms with E-state index >= 15 is 0 Å². The van der Waals surface area contributed by atoms with E-state index in [2.05, 4.69) is 86.8 Å². The Balaban J connectivity index is 1.79. The molecular weight excluding hydrogens is 849 g/mol. The predicted molar refractivity (Wildman–Crippen MR) is 256 cm³/mol. The highest BCUT2D eigenvalue weighted by Crippen LogP contribution is 2.26. The van der Waals surface area contributed by atoms with Crippen molar-refractivity contribution in [1.29, 1.82) is 0 Å². The fourth-order valence-electron chi connectivity index (χ4n) is 7.40. The second kappa shape index (κ2) is 39.3. The average Bonchev–Trinajstić information content (AvgIpc) is 3.31. The molecule has 0 saturated carbocycles. The lowest BCUT2D eigenvalue weighted by Gasteiger charge is -2.42. The summed E-state index contributed by atoms with van der Waals surface area (Å²) in [6.45, 7) is 3.49. The van der Waals surface area contributed by atoms with Gasteiger partial charge in [0.05, 0.1) is 26.4 Å². The van der Waals surface area contributed by atoms with Crippen molar-refractivity contribution in [2.75, 3.05) is 33.0 Å². The van der Waals surface area contributed by atoms with Crippen LogP contribution in [0.25, 0.3) is 0 Å². The molecule has 0 amide bonds. The number of aliphatic hydroxyl groups excluding tert-OH is 7. The van der Waals surface area contributed by atoms with Gasteiger partial charge in [0.25, 0.3) is 0 Å². The Morgan fingerprint density at radius 2 is 0.985 bits per heavy atom. The fourth-order valence-corrected chi connectivity index (χ4v) is 7.40. The number of hydrogen-bond acceptors (Lipinski definition) is 14. The number of rotatable bonds is 38. The van der Waals surface area contributed by atoms with Gasteiger partial charge in [0.1, 0.15) is 54.9 Å². The van der Waals surface area contributed by atoms with Crippen LogP contribution in [0.2, 0.25) is 0 Å². The summed E-state index contributed by atoms with van der Waals surface area (Å²) in [4.78, 5) is 13.0. The van der Waals surface area contributed by atoms with Crippen molar-refractivity contribution in [3.8, 4) is 0 Å². The molecule has 0 radical (unpaired) electrons. The first kappa shape index (κ1) is 59.6. The Kier molecular flexibility index (Phi) is 35.5. The van der Waals surface area contributed by atoms with Crippen molar-refractivity contribution >= 4 is 5.97 Å². The summed E-state index contributed by atoms with van der Waals surface area (Å²) in [5, 5.41) is 72.0. The molecule has 2 aliphatic heterocycles. The minimum Gasteiger partial charge on any atom is -0.457 e. The van der Waals surface area contributed by atoms with E-state index in [1.54, 1.807) is 0 Å². The molecule has 2 heterocycles. The van der Waals surface area contributed by atoms with Gasteiger partial charge < -0.3 is 64.2 Å². The molecule has 0 aromatic carbocycles. The molecule has 7 N–H and O–H groups in total. The largest absolute Gasteiger partial charge is 0.457 e. The number of ether oxygens (including phenoxy) is 6. The number of esters is 1. The lowest BCUT2D eigenvalue weighted by Crippen LogP contribution is -2.61. The highest BCUT2D eigenvalue weighted by molar-refractivity contribution is 5.69. The first-order valence-corrected chi connectivity index (χ1v) is 25.0. The van der Waals surface area contributed by atoms with Crippen LogP contribution in [0.3, 0.4) is 0 Å². The van der Waals surface area contributed by atoms with Gasteiger partial charge in [-0.1, -0.05) is 151 Å². The maximum Gasteiger partial charge on any atom is 0.306 e. The molecular formula is C52H88O14. The number of hydrogen-bond donors (Lipinski definition) is 7. The normalized spacial score (nSPS) is 26.9. The molecule has 2 aliphatic rings. The lowest BCUT2D eigenvalue weighted by atomic mass is 9.98. The van der Waals surface area contributed by atoms with E-state index in [0.29, 0.717) is 13.0 Å². The van der Waals surface area contributed by atoms with Gasteiger partial charge in [-0.25, -0.2) is 0 Å². The number of aliphatic hydroxyl groups is 7. The topological polar surface area (TPSA) is 214 Å². The quantitative estimate of drug-likeness (QED) is 0.0187. The van der Waals surface area contributed by atoms with Crippen LogP contribution >= 0.6 is 0 Å². The maximum absolute atomic E-state index is 13.0. The van der Waals surface area contributed by atoms with Crippen LogP contribution < -0.4 is 0 Å².